The van der Waals surface area contributed by atoms with Gasteiger partial charge < -0.3 is 9.64 Å². The number of non-ortho nitro benzene ring substituents is 1. The summed E-state index contributed by atoms with van der Waals surface area (Å²) >= 11 is 0. The number of fused-ring (bicyclic) bond motifs is 1. The van der Waals surface area contributed by atoms with Crippen LogP contribution in [0.15, 0.2) is 30.6 Å². The second kappa shape index (κ2) is 6.17. The largest absolute Gasteiger partial charge is 0.468 e. The molecule has 0 fully saturated rings. The van der Waals surface area contributed by atoms with Crippen LogP contribution in [-0.4, -0.2) is 36.1 Å². The molecule has 0 N–H and O–H groups in total. The Kier molecular flexibility index (Phi) is 4.32. The van der Waals surface area contributed by atoms with Gasteiger partial charge in [-0.25, -0.2) is 0 Å². The Morgan fingerprint density at radius 1 is 1.38 bits per heavy atom. The average molecular weight is 289 g/mol. The minimum absolute atomic E-state index is 0.00373. The summed E-state index contributed by atoms with van der Waals surface area (Å²) in [6.07, 6.45) is 3.03. The number of hydrogen-bond donors (Lipinski definition) is 0. The Bertz CT molecular complexity index is 687. The van der Waals surface area contributed by atoms with Crippen molar-refractivity contribution in [1.82, 2.24) is 4.98 Å². The summed E-state index contributed by atoms with van der Waals surface area (Å²) < 4.78 is 4.68. The Hall–Kier alpha value is -2.70. The number of nitro benzene ring substituents is 1. The van der Waals surface area contributed by atoms with E-state index in [0.717, 1.165) is 5.69 Å². The molecule has 0 saturated carbocycles. The van der Waals surface area contributed by atoms with Crippen LogP contribution in [0.4, 0.5) is 11.4 Å². The number of rotatable bonds is 5. The Labute approximate surface area is 121 Å². The number of carbonyl (C=O) groups is 1. The number of nitrogens with zero attached hydrogens (tertiary/aromatic N) is 3. The molecule has 1 aromatic carbocycles. The summed E-state index contributed by atoms with van der Waals surface area (Å²) in [6, 6.07) is 4.78. The van der Waals surface area contributed by atoms with E-state index in [1.807, 2.05) is 6.92 Å². The van der Waals surface area contributed by atoms with Crippen LogP contribution in [-0.2, 0) is 9.53 Å². The number of aromatic nitrogens is 1. The van der Waals surface area contributed by atoms with Gasteiger partial charge in [0.25, 0.3) is 5.69 Å². The van der Waals surface area contributed by atoms with Gasteiger partial charge in [0.15, 0.2) is 0 Å². The van der Waals surface area contributed by atoms with E-state index in [1.54, 1.807) is 23.2 Å². The molecule has 0 saturated heterocycles. The van der Waals surface area contributed by atoms with Crippen LogP contribution in [0.2, 0.25) is 0 Å². The van der Waals surface area contributed by atoms with E-state index in [2.05, 4.69) is 9.72 Å². The molecule has 1 aromatic heterocycles. The predicted molar refractivity (Wildman–Crippen MR) is 78.3 cm³/mol. The van der Waals surface area contributed by atoms with E-state index >= 15 is 0 Å². The lowest BCUT2D eigenvalue weighted by Gasteiger charge is -2.23. The monoisotopic (exact) mass is 289 g/mol. The standard InChI is InChI=1S/C14H15N3O4/c1-3-16(9-14(18)21-2)12-4-5-13(17(19)20)11-8-15-7-6-10(11)12/h4-8H,3,9H2,1-2H3. The fourth-order valence-electron chi connectivity index (χ4n) is 2.18. The van der Waals surface area contributed by atoms with E-state index < -0.39 is 4.92 Å². The molecular weight excluding hydrogens is 274 g/mol. The fourth-order valence-corrected chi connectivity index (χ4v) is 2.18. The molecule has 0 atom stereocenters. The zero-order valence-electron chi connectivity index (χ0n) is 11.8. The molecule has 0 bridgehead atoms. The lowest BCUT2D eigenvalue weighted by atomic mass is 10.1. The van der Waals surface area contributed by atoms with Crippen LogP contribution in [0, 0.1) is 10.1 Å². The van der Waals surface area contributed by atoms with Crippen molar-refractivity contribution in [1.29, 1.82) is 0 Å². The fraction of sp³-hybridized carbons (Fsp3) is 0.286. The highest BCUT2D eigenvalue weighted by molar-refractivity contribution is 6.00. The molecule has 0 unspecified atom stereocenters. The van der Waals surface area contributed by atoms with Gasteiger partial charge in [-0.3, -0.25) is 19.9 Å². The second-order valence-electron chi connectivity index (χ2n) is 4.37. The predicted octanol–water partition coefficient (Wildman–Crippen LogP) is 2.14. The third-order valence-electron chi connectivity index (χ3n) is 3.24. The zero-order chi connectivity index (χ0) is 15.4. The number of pyridine rings is 1. The average Bonchev–Trinajstić information content (AvgIpc) is 2.51. The minimum Gasteiger partial charge on any atom is -0.468 e. The molecule has 1 heterocycles. The van der Waals surface area contributed by atoms with Gasteiger partial charge in [-0.1, -0.05) is 0 Å². The lowest BCUT2D eigenvalue weighted by molar-refractivity contribution is -0.383. The maximum atomic E-state index is 11.5. The van der Waals surface area contributed by atoms with Crippen molar-refractivity contribution < 1.29 is 14.5 Å². The van der Waals surface area contributed by atoms with Crippen LogP contribution < -0.4 is 4.90 Å². The molecule has 0 aliphatic carbocycles. The van der Waals surface area contributed by atoms with Crippen molar-refractivity contribution in [2.24, 2.45) is 0 Å². The third kappa shape index (κ3) is 2.91. The highest BCUT2D eigenvalue weighted by atomic mass is 16.6. The van der Waals surface area contributed by atoms with Gasteiger partial charge in [0.05, 0.1) is 17.4 Å². The lowest BCUT2D eigenvalue weighted by Crippen LogP contribution is -2.30. The number of nitro groups is 1. The summed E-state index contributed by atoms with van der Waals surface area (Å²) in [4.78, 5) is 27.9. The molecule has 7 heteroatoms. The topological polar surface area (TPSA) is 85.6 Å². The van der Waals surface area contributed by atoms with Crippen molar-refractivity contribution in [3.05, 3.63) is 40.7 Å². The number of hydrogen-bond acceptors (Lipinski definition) is 6. The number of methoxy groups -OCH3 is 1. The van der Waals surface area contributed by atoms with Crippen LogP contribution >= 0.6 is 0 Å². The molecule has 21 heavy (non-hydrogen) atoms. The summed E-state index contributed by atoms with van der Waals surface area (Å²) in [7, 11) is 1.33. The normalized spacial score (nSPS) is 10.4. The molecule has 7 nitrogen and oxygen atoms in total. The van der Waals surface area contributed by atoms with Crippen molar-refractivity contribution in [2.75, 3.05) is 25.1 Å². The third-order valence-corrected chi connectivity index (χ3v) is 3.24. The van der Waals surface area contributed by atoms with Gasteiger partial charge in [0, 0.05) is 36.1 Å². The van der Waals surface area contributed by atoms with Gasteiger partial charge in [-0.15, -0.1) is 0 Å². The maximum Gasteiger partial charge on any atom is 0.325 e. The first-order valence-corrected chi connectivity index (χ1v) is 6.41. The van der Waals surface area contributed by atoms with Crippen LogP contribution in [0.1, 0.15) is 6.92 Å². The quantitative estimate of drug-likeness (QED) is 0.476. The van der Waals surface area contributed by atoms with E-state index in [-0.39, 0.29) is 18.2 Å². The number of ether oxygens (including phenoxy) is 1. The number of carbonyl (C=O) groups excluding carboxylic acids is 1. The van der Waals surface area contributed by atoms with Crippen molar-refractivity contribution in [2.45, 2.75) is 6.92 Å². The van der Waals surface area contributed by atoms with Crippen molar-refractivity contribution in [3.8, 4) is 0 Å². The molecule has 0 spiro atoms. The molecule has 2 rings (SSSR count). The SMILES string of the molecule is CCN(CC(=O)OC)c1ccc([N+](=O)[O-])c2cnccc12. The number of esters is 1. The molecule has 110 valence electrons. The molecular formula is C14H15N3O4. The van der Waals surface area contributed by atoms with Gasteiger partial charge >= 0.3 is 5.97 Å². The second-order valence-corrected chi connectivity index (χ2v) is 4.37. The van der Waals surface area contributed by atoms with E-state index in [9.17, 15) is 14.9 Å². The first-order valence-electron chi connectivity index (χ1n) is 6.41. The first kappa shape index (κ1) is 14.7. The summed E-state index contributed by atoms with van der Waals surface area (Å²) in [6.45, 7) is 2.56. The van der Waals surface area contributed by atoms with Gasteiger partial charge in [-0.05, 0) is 19.1 Å². The summed E-state index contributed by atoms with van der Waals surface area (Å²) in [5.41, 5.74) is 0.738. The number of likely N-dealkylation sites (N-methyl/N-ethyl adjacent to an activating group) is 1. The number of benzene rings is 1. The molecule has 0 amide bonds. The maximum absolute atomic E-state index is 11.5. The Balaban J connectivity index is 2.56. The minimum atomic E-state index is -0.440. The summed E-state index contributed by atoms with van der Waals surface area (Å²) in [5, 5.41) is 12.2. The molecule has 0 aliphatic heterocycles. The molecule has 0 aliphatic rings. The highest BCUT2D eigenvalue weighted by Crippen LogP contribution is 2.32. The van der Waals surface area contributed by atoms with Gasteiger partial charge in [0.1, 0.15) is 6.54 Å². The molecule has 0 radical (unpaired) electrons. The van der Waals surface area contributed by atoms with E-state index in [0.29, 0.717) is 17.3 Å². The van der Waals surface area contributed by atoms with Crippen molar-refractivity contribution in [3.63, 3.8) is 0 Å². The summed E-state index contributed by atoms with van der Waals surface area (Å²) in [5.74, 6) is -0.364. The Morgan fingerprint density at radius 2 is 2.14 bits per heavy atom. The number of anilines is 1. The van der Waals surface area contributed by atoms with Gasteiger partial charge in [0.2, 0.25) is 0 Å². The van der Waals surface area contributed by atoms with Gasteiger partial charge in [-0.2, -0.15) is 0 Å². The van der Waals surface area contributed by atoms with E-state index in [4.69, 9.17) is 0 Å². The highest BCUT2D eigenvalue weighted by Gasteiger charge is 2.18. The molecule has 2 aromatic rings. The van der Waals surface area contributed by atoms with Crippen LogP contribution in [0.3, 0.4) is 0 Å². The smallest absolute Gasteiger partial charge is 0.325 e. The van der Waals surface area contributed by atoms with Crippen molar-refractivity contribution >= 4 is 28.1 Å². The Morgan fingerprint density at radius 3 is 2.76 bits per heavy atom. The van der Waals surface area contributed by atoms with Crippen LogP contribution in [0.25, 0.3) is 10.8 Å². The zero-order valence-corrected chi connectivity index (χ0v) is 11.8. The van der Waals surface area contributed by atoms with E-state index in [1.165, 1.54) is 19.4 Å². The first-order chi connectivity index (χ1) is 10.1. The van der Waals surface area contributed by atoms with Crippen LogP contribution in [0.5, 0.6) is 0 Å².